The molecule has 4 N–H and O–H groups in total. The van der Waals surface area contributed by atoms with E-state index in [9.17, 15) is 15.3 Å². The molecule has 5 nitrogen and oxygen atoms in total. The van der Waals surface area contributed by atoms with Crippen molar-refractivity contribution in [2.75, 3.05) is 19.7 Å². The van der Waals surface area contributed by atoms with Crippen molar-refractivity contribution < 1.29 is 15.3 Å². The lowest BCUT2D eigenvalue weighted by Crippen LogP contribution is -2.39. The van der Waals surface area contributed by atoms with Gasteiger partial charge in [-0.3, -0.25) is 4.90 Å². The normalized spacial score (nSPS) is 24.2. The number of nitrogens with zero attached hydrogens (tertiary/aromatic N) is 1. The average molecular weight is 377 g/mol. The molecule has 0 aromatic heterocycles. The molecular formula is C22H36N2O3. The highest BCUT2D eigenvalue weighted by Crippen LogP contribution is 2.31. The first-order chi connectivity index (χ1) is 13.1. The van der Waals surface area contributed by atoms with Gasteiger partial charge < -0.3 is 20.6 Å². The first-order valence-corrected chi connectivity index (χ1v) is 10.6. The summed E-state index contributed by atoms with van der Waals surface area (Å²) in [4.78, 5) is 2.37. The number of benzene rings is 1. The molecule has 0 radical (unpaired) electrons. The molecule has 1 aromatic carbocycles. The number of aliphatic hydroxyl groups excluding tert-OH is 2. The summed E-state index contributed by atoms with van der Waals surface area (Å²) < 4.78 is 0. The van der Waals surface area contributed by atoms with E-state index in [-0.39, 0.29) is 12.6 Å². The minimum absolute atomic E-state index is 0.232. The van der Waals surface area contributed by atoms with Crippen molar-refractivity contribution >= 4 is 0 Å². The highest BCUT2D eigenvalue weighted by Gasteiger charge is 2.31. The quantitative estimate of drug-likeness (QED) is 0.532. The van der Waals surface area contributed by atoms with Crippen LogP contribution in [0.1, 0.15) is 62.5 Å². The summed E-state index contributed by atoms with van der Waals surface area (Å²) in [5, 5.41) is 33.9. The first-order valence-electron chi connectivity index (χ1n) is 10.6. The number of hydrogen-bond acceptors (Lipinski definition) is 5. The van der Waals surface area contributed by atoms with E-state index in [4.69, 9.17) is 0 Å². The van der Waals surface area contributed by atoms with Gasteiger partial charge in [0.25, 0.3) is 0 Å². The van der Waals surface area contributed by atoms with Gasteiger partial charge in [0, 0.05) is 32.1 Å². The summed E-state index contributed by atoms with van der Waals surface area (Å²) in [7, 11) is 0. The van der Waals surface area contributed by atoms with Crippen molar-refractivity contribution in [3.63, 3.8) is 0 Å². The highest BCUT2D eigenvalue weighted by atomic mass is 16.3. The molecule has 1 aliphatic heterocycles. The Kier molecular flexibility index (Phi) is 7.67. The van der Waals surface area contributed by atoms with Crippen molar-refractivity contribution in [3.05, 3.63) is 35.4 Å². The number of likely N-dealkylation sites (tertiary alicyclic amines) is 1. The van der Waals surface area contributed by atoms with Crippen LogP contribution in [-0.2, 0) is 13.1 Å². The van der Waals surface area contributed by atoms with Gasteiger partial charge in [0.2, 0.25) is 0 Å². The number of hydrogen-bond donors (Lipinski definition) is 4. The van der Waals surface area contributed by atoms with Crippen molar-refractivity contribution in [1.82, 2.24) is 10.2 Å². The maximum absolute atomic E-state index is 10.6. The summed E-state index contributed by atoms with van der Waals surface area (Å²) in [6.45, 7) is 3.36. The second kappa shape index (κ2) is 9.99. The van der Waals surface area contributed by atoms with E-state index in [2.05, 4.69) is 34.5 Å². The molecule has 2 aliphatic rings. The van der Waals surface area contributed by atoms with Gasteiger partial charge in [0.15, 0.2) is 0 Å². The van der Waals surface area contributed by atoms with Gasteiger partial charge in [-0.2, -0.15) is 0 Å². The first kappa shape index (κ1) is 20.7. The SMILES string of the molecule is OCC1CCCN1Cc1ccccc1CNCC(O)CC1(O)CCCCC1. The average Bonchev–Trinajstić information content (AvgIpc) is 3.10. The Balaban J connectivity index is 1.48. The smallest absolute Gasteiger partial charge is 0.0692 e. The summed E-state index contributed by atoms with van der Waals surface area (Å²) in [5.41, 5.74) is 1.85. The molecule has 1 saturated heterocycles. The third-order valence-corrected chi connectivity index (χ3v) is 6.30. The molecule has 0 amide bonds. The molecule has 152 valence electrons. The molecule has 2 fully saturated rings. The van der Waals surface area contributed by atoms with Crippen LogP contribution >= 0.6 is 0 Å². The Labute approximate surface area is 163 Å². The minimum atomic E-state index is -0.674. The van der Waals surface area contributed by atoms with Gasteiger partial charge in [-0.25, -0.2) is 0 Å². The fourth-order valence-corrected chi connectivity index (χ4v) is 4.71. The zero-order chi connectivity index (χ0) is 19.1. The Morgan fingerprint density at radius 3 is 2.59 bits per heavy atom. The molecule has 1 aliphatic carbocycles. The van der Waals surface area contributed by atoms with Crippen molar-refractivity contribution in [2.24, 2.45) is 0 Å². The van der Waals surface area contributed by atoms with Crippen LogP contribution in [0.15, 0.2) is 24.3 Å². The molecule has 2 atom stereocenters. The fraction of sp³-hybridized carbons (Fsp3) is 0.727. The second-order valence-electron chi connectivity index (χ2n) is 8.49. The predicted octanol–water partition coefficient (Wildman–Crippen LogP) is 2.18. The number of rotatable bonds is 9. The lowest BCUT2D eigenvalue weighted by atomic mass is 9.81. The van der Waals surface area contributed by atoms with E-state index in [1.165, 1.54) is 17.5 Å². The zero-order valence-electron chi connectivity index (χ0n) is 16.4. The summed E-state index contributed by atoms with van der Waals surface area (Å²) in [6.07, 6.45) is 7.13. The second-order valence-corrected chi connectivity index (χ2v) is 8.49. The number of nitrogens with one attached hydrogen (secondary N) is 1. The summed E-state index contributed by atoms with van der Waals surface area (Å²) in [5.74, 6) is 0. The molecule has 1 saturated carbocycles. The maximum Gasteiger partial charge on any atom is 0.0692 e. The van der Waals surface area contributed by atoms with Gasteiger partial charge in [-0.1, -0.05) is 43.5 Å². The topological polar surface area (TPSA) is 76.0 Å². The van der Waals surface area contributed by atoms with E-state index in [0.29, 0.717) is 19.5 Å². The van der Waals surface area contributed by atoms with Crippen LogP contribution in [0, 0.1) is 0 Å². The standard InChI is InChI=1S/C22H36N2O3/c25-17-20-9-6-12-24(20)16-19-8-3-2-7-18(19)14-23-15-21(26)13-22(27)10-4-1-5-11-22/h2-3,7-8,20-21,23,25-27H,1,4-6,9-17H2. The molecule has 0 bridgehead atoms. The Bertz CT molecular complexity index is 574. The summed E-state index contributed by atoms with van der Waals surface area (Å²) in [6, 6.07) is 8.69. The van der Waals surface area contributed by atoms with Crippen LogP contribution < -0.4 is 5.32 Å². The minimum Gasteiger partial charge on any atom is -0.395 e. The van der Waals surface area contributed by atoms with Crippen molar-refractivity contribution in [1.29, 1.82) is 0 Å². The van der Waals surface area contributed by atoms with Gasteiger partial charge >= 0.3 is 0 Å². The van der Waals surface area contributed by atoms with Crippen molar-refractivity contribution in [3.8, 4) is 0 Å². The lowest BCUT2D eigenvalue weighted by Gasteiger charge is -2.33. The molecule has 2 unspecified atom stereocenters. The van der Waals surface area contributed by atoms with E-state index in [0.717, 1.165) is 51.6 Å². The van der Waals surface area contributed by atoms with E-state index < -0.39 is 11.7 Å². The lowest BCUT2D eigenvalue weighted by molar-refractivity contribution is -0.0369. The molecule has 27 heavy (non-hydrogen) atoms. The van der Waals surface area contributed by atoms with E-state index in [1.807, 2.05) is 0 Å². The fourth-order valence-electron chi connectivity index (χ4n) is 4.71. The third-order valence-electron chi connectivity index (χ3n) is 6.30. The Morgan fingerprint density at radius 1 is 1.11 bits per heavy atom. The molecule has 0 spiro atoms. The van der Waals surface area contributed by atoms with Crippen LogP contribution in [0.4, 0.5) is 0 Å². The van der Waals surface area contributed by atoms with Crippen LogP contribution in [0.2, 0.25) is 0 Å². The Morgan fingerprint density at radius 2 is 1.85 bits per heavy atom. The van der Waals surface area contributed by atoms with Gasteiger partial charge in [0.1, 0.15) is 0 Å². The van der Waals surface area contributed by atoms with E-state index in [1.54, 1.807) is 0 Å². The van der Waals surface area contributed by atoms with Crippen LogP contribution in [0.5, 0.6) is 0 Å². The summed E-state index contributed by atoms with van der Waals surface area (Å²) >= 11 is 0. The van der Waals surface area contributed by atoms with Gasteiger partial charge in [-0.05, 0) is 43.4 Å². The molecule has 5 heteroatoms. The predicted molar refractivity (Wildman–Crippen MR) is 107 cm³/mol. The largest absolute Gasteiger partial charge is 0.395 e. The zero-order valence-corrected chi connectivity index (χ0v) is 16.4. The third kappa shape index (κ3) is 6.00. The Hall–Kier alpha value is -0.980. The molecular weight excluding hydrogens is 340 g/mol. The number of aliphatic hydroxyl groups is 3. The molecule has 1 heterocycles. The van der Waals surface area contributed by atoms with Crippen LogP contribution in [0.3, 0.4) is 0 Å². The van der Waals surface area contributed by atoms with Crippen LogP contribution in [-0.4, -0.2) is 57.7 Å². The van der Waals surface area contributed by atoms with Gasteiger partial charge in [0.05, 0.1) is 18.3 Å². The monoisotopic (exact) mass is 376 g/mol. The maximum atomic E-state index is 10.6. The molecule has 3 rings (SSSR count). The van der Waals surface area contributed by atoms with Crippen molar-refractivity contribution in [2.45, 2.75) is 82.2 Å². The van der Waals surface area contributed by atoms with Crippen LogP contribution in [0.25, 0.3) is 0 Å². The highest BCUT2D eigenvalue weighted by molar-refractivity contribution is 5.27. The van der Waals surface area contributed by atoms with Gasteiger partial charge in [-0.15, -0.1) is 0 Å². The molecule has 1 aromatic rings. The van der Waals surface area contributed by atoms with E-state index >= 15 is 0 Å².